The van der Waals surface area contributed by atoms with Crippen molar-refractivity contribution in [3.8, 4) is 5.75 Å². The van der Waals surface area contributed by atoms with E-state index in [0.717, 1.165) is 0 Å². The monoisotopic (exact) mass is 578 g/mol. The Bertz CT molecular complexity index is 1220. The van der Waals surface area contributed by atoms with Gasteiger partial charge in [0.2, 0.25) is 0 Å². The van der Waals surface area contributed by atoms with Crippen LogP contribution in [-0.4, -0.2) is 68.4 Å². The molecule has 14 heteroatoms. The molecule has 3 aromatic rings. The summed E-state index contributed by atoms with van der Waals surface area (Å²) in [5.41, 5.74) is -1.40. The zero-order chi connectivity index (χ0) is 28.1. The van der Waals surface area contributed by atoms with Crippen LogP contribution in [-0.2, 0) is 12.1 Å². The second kappa shape index (κ2) is 12.4. The number of nitrogens with zero attached hydrogens (tertiary/aromatic N) is 3. The van der Waals surface area contributed by atoms with Gasteiger partial charge in [-0.1, -0.05) is 29.3 Å². The summed E-state index contributed by atoms with van der Waals surface area (Å²) in [6.45, 7) is -0.730. The molecule has 0 saturated carbocycles. The molecule has 0 unspecified atom stereocenters. The van der Waals surface area contributed by atoms with Crippen molar-refractivity contribution in [2.45, 2.75) is 43.5 Å². The van der Waals surface area contributed by atoms with Crippen LogP contribution in [0.3, 0.4) is 0 Å². The maximum absolute atomic E-state index is 13.1. The fraction of sp³-hybridized carbons (Fsp3) is 0.375. The summed E-state index contributed by atoms with van der Waals surface area (Å²) < 4.78 is 56.9. The van der Waals surface area contributed by atoms with E-state index in [-0.39, 0.29) is 28.4 Å². The Morgan fingerprint density at radius 3 is 2.42 bits per heavy atom. The molecule has 0 aliphatic carbocycles. The van der Waals surface area contributed by atoms with Crippen molar-refractivity contribution in [2.24, 2.45) is 0 Å². The molecule has 0 radical (unpaired) electrons. The summed E-state index contributed by atoms with van der Waals surface area (Å²) in [5, 5.41) is 29.2. The number of aromatic nitrogens is 3. The molecular formula is C24H24Cl2F4N4O4. The average molecular weight is 579 g/mol. The zero-order valence-corrected chi connectivity index (χ0v) is 21.4. The number of aliphatic hydroxyl groups is 2. The molecule has 0 spiro atoms. The number of Topliss-reactive ketones (excluding diaryl/α,β-unsaturated/α-hetero) is 1. The van der Waals surface area contributed by atoms with Crippen LogP contribution in [0.2, 0.25) is 10.0 Å². The van der Waals surface area contributed by atoms with Gasteiger partial charge in [0.05, 0.1) is 19.2 Å². The first kappa shape index (κ1) is 29.8. The predicted octanol–water partition coefficient (Wildman–Crippen LogP) is 3.97. The number of aliphatic hydroxyl groups excluding tert-OH is 1. The minimum atomic E-state index is -4.33. The van der Waals surface area contributed by atoms with Gasteiger partial charge in [-0.3, -0.25) is 10.1 Å². The van der Waals surface area contributed by atoms with Gasteiger partial charge in [0, 0.05) is 27.2 Å². The number of carbonyl (C=O) groups is 1. The molecule has 3 rings (SSSR count). The molecule has 1 aromatic heterocycles. The summed E-state index contributed by atoms with van der Waals surface area (Å²) in [7, 11) is 0. The van der Waals surface area contributed by atoms with Crippen LogP contribution in [0.15, 0.2) is 55.1 Å². The van der Waals surface area contributed by atoms with Gasteiger partial charge in [-0.05, 0) is 43.3 Å². The van der Waals surface area contributed by atoms with E-state index in [9.17, 15) is 32.6 Å². The van der Waals surface area contributed by atoms with Crippen LogP contribution in [0.4, 0.5) is 17.6 Å². The minimum absolute atomic E-state index is 0.0704. The Morgan fingerprint density at radius 2 is 1.87 bits per heavy atom. The van der Waals surface area contributed by atoms with Crippen molar-refractivity contribution in [1.29, 1.82) is 0 Å². The first-order chi connectivity index (χ1) is 17.9. The number of carbonyl (C=O) groups excluding carboxylic acids is 1. The molecule has 0 aliphatic rings. The van der Waals surface area contributed by atoms with Crippen LogP contribution in [0.1, 0.15) is 22.8 Å². The number of rotatable bonds is 13. The van der Waals surface area contributed by atoms with Crippen LogP contribution in [0.5, 0.6) is 5.75 Å². The van der Waals surface area contributed by atoms with Crippen molar-refractivity contribution in [1.82, 2.24) is 20.1 Å². The van der Waals surface area contributed by atoms with E-state index < -0.39 is 49.0 Å². The van der Waals surface area contributed by atoms with Gasteiger partial charge in [0.1, 0.15) is 24.0 Å². The molecule has 8 nitrogen and oxygen atoms in total. The van der Waals surface area contributed by atoms with Gasteiger partial charge >= 0.3 is 12.3 Å². The largest absolute Gasteiger partial charge is 0.487 e. The standard InChI is InChI=1S/C24H24Cl2F4N4O4/c1-14(23(37,10-34-13-31-12-32-34)18-7-4-16(25)8-19(18)26)33-20(9-35)21(36)15-2-5-17(6-3-15)38-11-24(29,30)22(27)28/h2-8,12-14,20,22,33,35,37H,9-11H2,1H3/t14-,20-,23-/m1/s1. The van der Waals surface area contributed by atoms with Crippen LogP contribution in [0, 0.1) is 0 Å². The molecule has 206 valence electrons. The molecular weight excluding hydrogens is 555 g/mol. The van der Waals surface area contributed by atoms with Gasteiger partial charge in [-0.15, -0.1) is 0 Å². The number of ketones is 1. The summed E-state index contributed by atoms with van der Waals surface area (Å²) in [6, 6.07) is 7.24. The van der Waals surface area contributed by atoms with Crippen molar-refractivity contribution in [3.05, 3.63) is 76.3 Å². The van der Waals surface area contributed by atoms with Gasteiger partial charge in [-0.25, -0.2) is 18.4 Å². The molecule has 3 atom stereocenters. The number of nitrogens with one attached hydrogen (secondary N) is 1. The first-order valence-electron chi connectivity index (χ1n) is 11.2. The fourth-order valence-corrected chi connectivity index (χ4v) is 4.24. The van der Waals surface area contributed by atoms with E-state index in [4.69, 9.17) is 27.9 Å². The Hall–Kier alpha value is -2.77. The highest BCUT2D eigenvalue weighted by Gasteiger charge is 2.42. The quantitative estimate of drug-likeness (QED) is 0.208. The molecule has 3 N–H and O–H groups in total. The SMILES string of the molecule is C[C@@H](N[C@H](CO)C(=O)c1ccc(OCC(F)(F)C(F)F)cc1)[C@](O)(Cn1cncn1)c1ccc(Cl)cc1Cl. The summed E-state index contributed by atoms with van der Waals surface area (Å²) in [5.74, 6) is -5.07. The second-order valence-electron chi connectivity index (χ2n) is 8.50. The summed E-state index contributed by atoms with van der Waals surface area (Å²) >= 11 is 12.4. The molecule has 0 bridgehead atoms. The van der Waals surface area contributed by atoms with Gasteiger partial charge in [0.25, 0.3) is 0 Å². The lowest BCUT2D eigenvalue weighted by molar-refractivity contribution is -0.148. The number of halogens is 6. The van der Waals surface area contributed by atoms with E-state index in [1.165, 1.54) is 59.8 Å². The molecule has 0 fully saturated rings. The normalized spacial score (nSPS) is 15.2. The smallest absolute Gasteiger partial charge is 0.340 e. The highest BCUT2D eigenvalue weighted by molar-refractivity contribution is 6.35. The van der Waals surface area contributed by atoms with Crippen molar-refractivity contribution in [3.63, 3.8) is 0 Å². The number of hydrogen-bond acceptors (Lipinski definition) is 7. The number of benzene rings is 2. The van der Waals surface area contributed by atoms with Crippen molar-refractivity contribution >= 4 is 29.0 Å². The van der Waals surface area contributed by atoms with Gasteiger partial charge < -0.3 is 14.9 Å². The van der Waals surface area contributed by atoms with E-state index in [1.807, 2.05) is 0 Å². The van der Waals surface area contributed by atoms with E-state index >= 15 is 0 Å². The van der Waals surface area contributed by atoms with Crippen LogP contribution < -0.4 is 10.1 Å². The maximum Gasteiger partial charge on any atom is 0.340 e. The maximum atomic E-state index is 13.1. The molecule has 38 heavy (non-hydrogen) atoms. The minimum Gasteiger partial charge on any atom is -0.487 e. The fourth-order valence-electron chi connectivity index (χ4n) is 3.67. The molecule has 0 aliphatic heterocycles. The topological polar surface area (TPSA) is 110 Å². The Morgan fingerprint density at radius 1 is 1.18 bits per heavy atom. The highest BCUT2D eigenvalue weighted by Crippen LogP contribution is 2.35. The Labute approximate surface area is 225 Å². The molecule has 2 aromatic carbocycles. The zero-order valence-electron chi connectivity index (χ0n) is 19.9. The number of alkyl halides is 4. The van der Waals surface area contributed by atoms with Gasteiger partial charge in [-0.2, -0.15) is 13.9 Å². The summed E-state index contributed by atoms with van der Waals surface area (Å²) in [4.78, 5) is 17.0. The lowest BCUT2D eigenvalue weighted by atomic mass is 9.86. The first-order valence-corrected chi connectivity index (χ1v) is 11.9. The summed E-state index contributed by atoms with van der Waals surface area (Å²) in [6.07, 6.45) is -1.21. The van der Waals surface area contributed by atoms with E-state index in [0.29, 0.717) is 5.02 Å². The van der Waals surface area contributed by atoms with Crippen molar-refractivity contribution in [2.75, 3.05) is 13.2 Å². The van der Waals surface area contributed by atoms with Crippen LogP contribution >= 0.6 is 23.2 Å². The third-order valence-electron chi connectivity index (χ3n) is 5.82. The number of hydrogen-bond donors (Lipinski definition) is 3. The molecule has 1 heterocycles. The van der Waals surface area contributed by atoms with Crippen LogP contribution in [0.25, 0.3) is 0 Å². The third-order valence-corrected chi connectivity index (χ3v) is 6.37. The van der Waals surface area contributed by atoms with Gasteiger partial charge in [0.15, 0.2) is 12.4 Å². The van der Waals surface area contributed by atoms with E-state index in [2.05, 4.69) is 15.4 Å². The lowest BCUT2D eigenvalue weighted by Gasteiger charge is -2.37. The predicted molar refractivity (Wildman–Crippen MR) is 131 cm³/mol. The average Bonchev–Trinajstić information content (AvgIpc) is 3.38. The highest BCUT2D eigenvalue weighted by atomic mass is 35.5. The third kappa shape index (κ3) is 7.00. The van der Waals surface area contributed by atoms with Crippen molar-refractivity contribution < 1.29 is 37.3 Å². The van der Waals surface area contributed by atoms with E-state index in [1.54, 1.807) is 6.92 Å². The Kier molecular flexibility index (Phi) is 9.71. The molecule has 0 saturated heterocycles. The number of ether oxygens (including phenoxy) is 1. The molecule has 0 amide bonds. The Balaban J connectivity index is 1.79. The lowest BCUT2D eigenvalue weighted by Crippen LogP contribution is -2.55. The second-order valence-corrected chi connectivity index (χ2v) is 9.35.